The Bertz CT molecular complexity index is 477. The number of aromatic hydroxyl groups is 1. The Balaban J connectivity index is 2.75. The molecule has 0 saturated carbocycles. The van der Waals surface area contributed by atoms with Crippen molar-refractivity contribution in [2.45, 2.75) is 6.92 Å². The molecule has 0 saturated heterocycles. The Morgan fingerprint density at radius 3 is 2.64 bits per heavy atom. The van der Waals surface area contributed by atoms with Crippen LogP contribution in [0.1, 0.15) is 5.56 Å². The second-order valence-electron chi connectivity index (χ2n) is 3.34. The number of aryl methyl sites for hydroxylation is 1. The van der Waals surface area contributed by atoms with E-state index < -0.39 is 0 Å². The molecule has 0 unspecified atom stereocenters. The van der Waals surface area contributed by atoms with Gasteiger partial charge < -0.3 is 0 Å². The second kappa shape index (κ2) is 3.77. The summed E-state index contributed by atoms with van der Waals surface area (Å²) >= 11 is 0.103. The first-order chi connectivity index (χ1) is 6.70. The third-order valence-electron chi connectivity index (χ3n) is 2.26. The van der Waals surface area contributed by atoms with Crippen LogP contribution in [0.25, 0.3) is 10.8 Å². The van der Waals surface area contributed by atoms with Crippen LogP contribution in [0.3, 0.4) is 0 Å². The molecule has 0 atom stereocenters. The quantitative estimate of drug-likeness (QED) is 0.568. The van der Waals surface area contributed by atoms with Gasteiger partial charge in [0.15, 0.2) is 0 Å². The van der Waals surface area contributed by atoms with Gasteiger partial charge in [-0.3, -0.25) is 0 Å². The molecule has 1 N–H and O–H groups in total. The average Bonchev–Trinajstić information content (AvgIpc) is 2.17. The van der Waals surface area contributed by atoms with Crippen LogP contribution in [-0.4, -0.2) is 10.0 Å². The fourth-order valence-electron chi connectivity index (χ4n) is 1.57. The van der Waals surface area contributed by atoms with Gasteiger partial charge in [0.05, 0.1) is 0 Å². The van der Waals surface area contributed by atoms with Gasteiger partial charge in [-0.2, -0.15) is 0 Å². The van der Waals surface area contributed by atoms with E-state index in [1.165, 1.54) is 3.57 Å². The molecule has 2 rings (SSSR count). The first kappa shape index (κ1) is 9.77. The van der Waals surface area contributed by atoms with Crippen LogP contribution in [0.5, 0.6) is 5.75 Å². The summed E-state index contributed by atoms with van der Waals surface area (Å²) in [6, 6.07) is 10.3. The molecule has 0 heterocycles. The van der Waals surface area contributed by atoms with E-state index in [1.54, 1.807) is 0 Å². The number of halogens is 1. The molecule has 0 fully saturated rings. The molecule has 0 aliphatic heterocycles. The molecule has 1 nitrogen and oxygen atoms in total. The average molecular weight is 299 g/mol. The number of benzene rings is 2. The third kappa shape index (κ3) is 1.71. The van der Waals surface area contributed by atoms with E-state index in [2.05, 4.69) is 29.2 Å². The van der Waals surface area contributed by atoms with E-state index in [0.29, 0.717) is 5.75 Å². The molecular formula is C12H12IO-. The van der Waals surface area contributed by atoms with Crippen LogP contribution in [0.4, 0.5) is 0 Å². The fraction of sp³-hybridized carbons (Fsp3) is 0.167. The van der Waals surface area contributed by atoms with Gasteiger partial charge in [-0.15, -0.1) is 0 Å². The first-order valence-electron chi connectivity index (χ1n) is 4.43. The Labute approximate surface area is 94.0 Å². The molecular weight excluding hydrogens is 287 g/mol. The van der Waals surface area contributed by atoms with Crippen LogP contribution in [0.2, 0.25) is 0 Å². The number of alkyl halides is 1. The number of phenolic OH excluding ortho intramolecular Hbond substituents is 1. The molecule has 2 aromatic rings. The third-order valence-corrected chi connectivity index (χ3v) is 4.17. The van der Waals surface area contributed by atoms with E-state index in [4.69, 9.17) is 0 Å². The van der Waals surface area contributed by atoms with Gasteiger partial charge in [-0.1, -0.05) is 0 Å². The summed E-state index contributed by atoms with van der Waals surface area (Å²) in [7, 11) is 0. The zero-order valence-electron chi connectivity index (χ0n) is 8.21. The van der Waals surface area contributed by atoms with Crippen molar-refractivity contribution >= 4 is 10.8 Å². The van der Waals surface area contributed by atoms with Crippen molar-refractivity contribution < 1.29 is 26.3 Å². The summed E-state index contributed by atoms with van der Waals surface area (Å²) < 4.78 is 1.37. The summed E-state index contributed by atoms with van der Waals surface area (Å²) in [4.78, 5) is 2.23. The van der Waals surface area contributed by atoms with Crippen LogP contribution in [-0.2, 0) is 0 Å². The molecule has 0 bridgehead atoms. The molecule has 0 spiro atoms. The van der Waals surface area contributed by atoms with Gasteiger partial charge in [-0.25, -0.2) is 0 Å². The second-order valence-corrected chi connectivity index (χ2v) is 5.66. The molecule has 0 radical (unpaired) electrons. The number of rotatable bonds is 1. The van der Waals surface area contributed by atoms with Crippen molar-refractivity contribution in [3.8, 4) is 5.75 Å². The van der Waals surface area contributed by atoms with E-state index in [1.807, 2.05) is 13.0 Å². The van der Waals surface area contributed by atoms with Gasteiger partial charge in [0.25, 0.3) is 0 Å². The normalized spacial score (nSPS) is 11.0. The van der Waals surface area contributed by atoms with Gasteiger partial charge in [0.2, 0.25) is 0 Å². The molecule has 0 aliphatic carbocycles. The molecule has 0 aromatic heterocycles. The molecule has 74 valence electrons. The Morgan fingerprint density at radius 1 is 1.14 bits per heavy atom. The monoisotopic (exact) mass is 299 g/mol. The van der Waals surface area contributed by atoms with E-state index in [0.717, 1.165) is 16.3 Å². The molecule has 0 amide bonds. The maximum atomic E-state index is 9.78. The summed E-state index contributed by atoms with van der Waals surface area (Å²) in [6.45, 7) is 2.00. The zero-order chi connectivity index (χ0) is 10.1. The van der Waals surface area contributed by atoms with Crippen LogP contribution < -0.4 is 21.2 Å². The standard InChI is InChI=1S/C12H12IO/c1-8-5-9-3-4-10(13-2)7-11(9)12(14)6-8/h3-7,14H,1-2H3/q-1. The topological polar surface area (TPSA) is 20.2 Å². The van der Waals surface area contributed by atoms with Crippen molar-refractivity contribution in [1.29, 1.82) is 0 Å². The van der Waals surface area contributed by atoms with E-state index in [9.17, 15) is 5.11 Å². The zero-order valence-corrected chi connectivity index (χ0v) is 10.4. The van der Waals surface area contributed by atoms with E-state index in [-0.39, 0.29) is 21.2 Å². The number of hydrogen-bond donors (Lipinski definition) is 1. The van der Waals surface area contributed by atoms with Crippen LogP contribution >= 0.6 is 0 Å². The van der Waals surface area contributed by atoms with Gasteiger partial charge in [-0.05, 0) is 0 Å². The molecule has 2 heteroatoms. The fourth-order valence-corrected chi connectivity index (χ4v) is 2.74. The first-order valence-corrected chi connectivity index (χ1v) is 7.67. The van der Waals surface area contributed by atoms with Crippen molar-refractivity contribution in [2.24, 2.45) is 0 Å². The summed E-state index contributed by atoms with van der Waals surface area (Å²) in [6.07, 6.45) is 0. The van der Waals surface area contributed by atoms with Crippen LogP contribution in [0, 0.1) is 10.5 Å². The summed E-state index contributed by atoms with van der Waals surface area (Å²) in [5.74, 6) is 0.402. The minimum absolute atomic E-state index is 0.103. The molecule has 14 heavy (non-hydrogen) atoms. The van der Waals surface area contributed by atoms with Crippen molar-refractivity contribution in [3.63, 3.8) is 0 Å². The van der Waals surface area contributed by atoms with Crippen molar-refractivity contribution in [2.75, 3.05) is 4.93 Å². The number of fused-ring (bicyclic) bond motifs is 1. The Hall–Kier alpha value is -0.770. The molecule has 0 aliphatic rings. The predicted molar refractivity (Wildman–Crippen MR) is 55.0 cm³/mol. The Morgan fingerprint density at radius 2 is 1.93 bits per heavy atom. The van der Waals surface area contributed by atoms with Gasteiger partial charge in [0.1, 0.15) is 0 Å². The summed E-state index contributed by atoms with van der Waals surface area (Å²) in [5.41, 5.74) is 1.11. The summed E-state index contributed by atoms with van der Waals surface area (Å²) in [5, 5.41) is 11.9. The van der Waals surface area contributed by atoms with Crippen molar-refractivity contribution in [1.82, 2.24) is 0 Å². The van der Waals surface area contributed by atoms with Gasteiger partial charge in [0, 0.05) is 0 Å². The predicted octanol–water partition coefficient (Wildman–Crippen LogP) is -0.258. The number of phenols is 1. The SMILES string of the molecule is C[I-]c1ccc2cc(C)cc(O)c2c1. The minimum atomic E-state index is 0.103. The van der Waals surface area contributed by atoms with Crippen molar-refractivity contribution in [3.05, 3.63) is 39.5 Å². The molecule has 2 aromatic carbocycles. The maximum absolute atomic E-state index is 9.78. The van der Waals surface area contributed by atoms with Crippen LogP contribution in [0.15, 0.2) is 30.3 Å². The van der Waals surface area contributed by atoms with Gasteiger partial charge >= 0.3 is 94.2 Å². The van der Waals surface area contributed by atoms with E-state index >= 15 is 0 Å². The Kier molecular flexibility index (Phi) is 2.63. The number of hydrogen-bond acceptors (Lipinski definition) is 1.